The van der Waals surface area contributed by atoms with Gasteiger partial charge in [0.05, 0.1) is 18.1 Å². The number of piperidine rings is 1. The summed E-state index contributed by atoms with van der Waals surface area (Å²) in [6.45, 7) is 6.39. The number of carbonyl (C=O) groups excluding carboxylic acids is 2. The standard InChI is InChI=1S/C25H33N3O3/c1-22(2,3)31-21(30)28-6-4-24(5-7-28)19(25(24,14-26)15-27)20(29)23-11-16-8-17(12-23)10-18(9-16)13-23/h16-19H,4-13H2,1-3H3/t16?,17?,18?,19-,23?/m0/s1. The summed E-state index contributed by atoms with van der Waals surface area (Å²) in [7, 11) is 0. The summed E-state index contributed by atoms with van der Waals surface area (Å²) in [4.78, 5) is 28.2. The first kappa shape index (κ1) is 20.8. The molecule has 0 N–H and O–H groups in total. The summed E-state index contributed by atoms with van der Waals surface area (Å²) in [5.74, 6) is 1.67. The minimum atomic E-state index is -1.23. The molecule has 6 fully saturated rings. The van der Waals surface area contributed by atoms with Gasteiger partial charge >= 0.3 is 6.09 Å². The topological polar surface area (TPSA) is 94.2 Å². The predicted octanol–water partition coefficient (Wildman–Crippen LogP) is 4.45. The van der Waals surface area contributed by atoms with Crippen molar-refractivity contribution in [3.05, 3.63) is 0 Å². The first-order valence-corrected chi connectivity index (χ1v) is 11.9. The Labute approximate surface area is 184 Å². The Kier molecular flexibility index (Phi) is 4.34. The van der Waals surface area contributed by atoms with E-state index in [0.29, 0.717) is 43.7 Å². The van der Waals surface area contributed by atoms with Crippen LogP contribution in [0.1, 0.15) is 72.1 Å². The third-order valence-corrected chi connectivity index (χ3v) is 9.17. The van der Waals surface area contributed by atoms with Crippen LogP contribution in [0.4, 0.5) is 4.79 Å². The molecule has 5 saturated carbocycles. The van der Waals surface area contributed by atoms with Crippen molar-refractivity contribution in [2.45, 2.75) is 77.7 Å². The van der Waals surface area contributed by atoms with Crippen molar-refractivity contribution in [3.63, 3.8) is 0 Å². The molecule has 0 aromatic rings. The van der Waals surface area contributed by atoms with Gasteiger partial charge in [0.15, 0.2) is 5.41 Å². The second-order valence-electron chi connectivity index (χ2n) is 12.2. The van der Waals surface area contributed by atoms with Crippen molar-refractivity contribution < 1.29 is 14.3 Å². The van der Waals surface area contributed by atoms with E-state index in [1.165, 1.54) is 19.3 Å². The van der Waals surface area contributed by atoms with Crippen molar-refractivity contribution in [2.24, 2.45) is 39.9 Å². The van der Waals surface area contributed by atoms with Gasteiger partial charge in [-0.2, -0.15) is 10.5 Å². The second-order valence-corrected chi connectivity index (χ2v) is 12.2. The molecule has 1 amide bonds. The van der Waals surface area contributed by atoms with Crippen molar-refractivity contribution in [1.82, 2.24) is 4.90 Å². The molecule has 5 aliphatic carbocycles. The van der Waals surface area contributed by atoms with E-state index in [1.54, 1.807) is 4.90 Å². The summed E-state index contributed by atoms with van der Waals surface area (Å²) in [6.07, 6.45) is 7.35. The van der Waals surface area contributed by atoms with Crippen molar-refractivity contribution in [2.75, 3.05) is 13.1 Å². The fourth-order valence-electron chi connectivity index (χ4n) is 8.24. The monoisotopic (exact) mass is 423 g/mol. The molecule has 6 heteroatoms. The first-order valence-electron chi connectivity index (χ1n) is 11.9. The van der Waals surface area contributed by atoms with Crippen LogP contribution in [0.2, 0.25) is 0 Å². The lowest BCUT2D eigenvalue weighted by Gasteiger charge is -2.56. The molecule has 1 spiro atoms. The van der Waals surface area contributed by atoms with Crippen LogP contribution in [0.3, 0.4) is 0 Å². The Bertz CT molecular complexity index is 845. The third-order valence-electron chi connectivity index (χ3n) is 9.17. The zero-order chi connectivity index (χ0) is 22.2. The lowest BCUT2D eigenvalue weighted by atomic mass is 9.48. The van der Waals surface area contributed by atoms with Gasteiger partial charge in [-0.3, -0.25) is 4.79 Å². The van der Waals surface area contributed by atoms with E-state index >= 15 is 0 Å². The largest absolute Gasteiger partial charge is 0.444 e. The molecule has 6 aliphatic rings. The van der Waals surface area contributed by atoms with Gasteiger partial charge in [-0.15, -0.1) is 0 Å². The summed E-state index contributed by atoms with van der Waals surface area (Å²) >= 11 is 0. The zero-order valence-electron chi connectivity index (χ0n) is 18.9. The van der Waals surface area contributed by atoms with Crippen LogP contribution in [-0.2, 0) is 9.53 Å². The van der Waals surface area contributed by atoms with E-state index in [4.69, 9.17) is 4.74 Å². The molecule has 0 radical (unpaired) electrons. The molecule has 31 heavy (non-hydrogen) atoms. The van der Waals surface area contributed by atoms with Crippen LogP contribution in [0.5, 0.6) is 0 Å². The Balaban J connectivity index is 1.37. The number of carbonyl (C=O) groups is 2. The molecule has 166 valence electrons. The third kappa shape index (κ3) is 2.86. The molecule has 0 aromatic heterocycles. The smallest absolute Gasteiger partial charge is 0.410 e. The molecule has 0 aromatic carbocycles. The SMILES string of the molecule is CC(C)(C)OC(=O)N1CCC2(CC1)[C@H](C(=O)C13CC4CC(CC(C4)C1)C3)C2(C#N)C#N. The van der Waals surface area contributed by atoms with Crippen molar-refractivity contribution in [1.29, 1.82) is 10.5 Å². The number of hydrogen-bond acceptors (Lipinski definition) is 5. The van der Waals surface area contributed by atoms with Gasteiger partial charge in [-0.1, -0.05) is 0 Å². The number of Topliss-reactive ketones (excluding diaryl/α,β-unsaturated/α-hetero) is 1. The van der Waals surface area contributed by atoms with E-state index in [9.17, 15) is 20.1 Å². The lowest BCUT2D eigenvalue weighted by Crippen LogP contribution is -2.51. The van der Waals surface area contributed by atoms with Gasteiger partial charge in [0.25, 0.3) is 0 Å². The Hall–Kier alpha value is -2.08. The normalized spacial score (nSPS) is 38.9. The van der Waals surface area contributed by atoms with Crippen LogP contribution >= 0.6 is 0 Å². The van der Waals surface area contributed by atoms with Crippen LogP contribution in [-0.4, -0.2) is 35.5 Å². The summed E-state index contributed by atoms with van der Waals surface area (Å²) < 4.78 is 5.50. The fraction of sp³-hybridized carbons (Fsp3) is 0.840. The number of nitrogens with zero attached hydrogens (tertiary/aromatic N) is 3. The molecule has 6 rings (SSSR count). The number of ketones is 1. The van der Waals surface area contributed by atoms with Gasteiger partial charge in [0, 0.05) is 23.9 Å². The minimum Gasteiger partial charge on any atom is -0.444 e. The molecule has 1 saturated heterocycles. The second kappa shape index (κ2) is 6.47. The molecule has 1 aliphatic heterocycles. The molecular weight excluding hydrogens is 390 g/mol. The molecule has 6 nitrogen and oxygen atoms in total. The highest BCUT2D eigenvalue weighted by Crippen LogP contribution is 2.76. The van der Waals surface area contributed by atoms with E-state index in [2.05, 4.69) is 12.1 Å². The highest BCUT2D eigenvalue weighted by molar-refractivity contribution is 5.94. The average Bonchev–Trinajstić information content (AvgIpc) is 3.25. The van der Waals surface area contributed by atoms with Gasteiger partial charge in [0.1, 0.15) is 11.4 Å². The van der Waals surface area contributed by atoms with E-state index in [-0.39, 0.29) is 17.3 Å². The minimum absolute atomic E-state index is 0.209. The number of hydrogen-bond donors (Lipinski definition) is 0. The Morgan fingerprint density at radius 1 is 0.935 bits per heavy atom. The highest BCUT2D eigenvalue weighted by atomic mass is 16.6. The molecule has 0 unspecified atom stereocenters. The summed E-state index contributed by atoms with van der Waals surface area (Å²) in [5.41, 5.74) is -2.70. The van der Waals surface area contributed by atoms with Gasteiger partial charge in [-0.05, 0) is 89.9 Å². The van der Waals surface area contributed by atoms with Crippen LogP contribution < -0.4 is 0 Å². The van der Waals surface area contributed by atoms with Crippen molar-refractivity contribution >= 4 is 11.9 Å². The summed E-state index contributed by atoms with van der Waals surface area (Å²) in [5, 5.41) is 20.1. The zero-order valence-corrected chi connectivity index (χ0v) is 18.9. The number of nitriles is 2. The lowest BCUT2D eigenvalue weighted by molar-refractivity contribution is -0.146. The Morgan fingerprint density at radius 3 is 1.84 bits per heavy atom. The average molecular weight is 424 g/mol. The van der Waals surface area contributed by atoms with Crippen molar-refractivity contribution in [3.8, 4) is 12.1 Å². The number of likely N-dealkylation sites (tertiary alicyclic amines) is 1. The van der Waals surface area contributed by atoms with E-state index in [1.807, 2.05) is 20.8 Å². The van der Waals surface area contributed by atoms with E-state index < -0.39 is 22.3 Å². The quantitative estimate of drug-likeness (QED) is 0.654. The predicted molar refractivity (Wildman–Crippen MR) is 112 cm³/mol. The van der Waals surface area contributed by atoms with Gasteiger partial charge in [-0.25, -0.2) is 4.79 Å². The number of ether oxygens (including phenoxy) is 1. The Morgan fingerprint density at radius 2 is 1.42 bits per heavy atom. The molecule has 1 heterocycles. The van der Waals surface area contributed by atoms with Gasteiger partial charge < -0.3 is 9.64 Å². The van der Waals surface area contributed by atoms with Crippen LogP contribution in [0.15, 0.2) is 0 Å². The molecule has 1 atom stereocenters. The highest BCUT2D eigenvalue weighted by Gasteiger charge is 2.82. The van der Waals surface area contributed by atoms with Gasteiger partial charge in [0.2, 0.25) is 0 Å². The maximum atomic E-state index is 14.1. The maximum absolute atomic E-state index is 14.1. The van der Waals surface area contributed by atoms with Crippen LogP contribution in [0.25, 0.3) is 0 Å². The first-order chi connectivity index (χ1) is 14.6. The molecular formula is C25H33N3O3. The van der Waals surface area contributed by atoms with Crippen LogP contribution in [0, 0.1) is 62.6 Å². The molecule has 4 bridgehead atoms. The number of rotatable bonds is 2. The fourth-order valence-corrected chi connectivity index (χ4v) is 8.24. The van der Waals surface area contributed by atoms with E-state index in [0.717, 1.165) is 19.3 Å². The maximum Gasteiger partial charge on any atom is 0.410 e. The summed E-state index contributed by atoms with van der Waals surface area (Å²) in [6, 6.07) is 4.58. The number of amides is 1.